The van der Waals surface area contributed by atoms with E-state index in [0.29, 0.717) is 63.7 Å². The quantitative estimate of drug-likeness (QED) is 0.186. The van der Waals surface area contributed by atoms with Gasteiger partial charge in [0, 0.05) is 47.1 Å². The molecular weight excluding hydrogens is 646 g/mol. The van der Waals surface area contributed by atoms with Crippen LogP contribution in [0.5, 0.6) is 0 Å². The average Bonchev–Trinajstić information content (AvgIpc) is 3.53. The van der Waals surface area contributed by atoms with Gasteiger partial charge in [-0.25, -0.2) is 28.3 Å². The first-order chi connectivity index (χ1) is 23.9. The molecule has 0 aromatic carbocycles. The van der Waals surface area contributed by atoms with E-state index in [4.69, 9.17) is 9.47 Å². The molecule has 0 amide bonds. The van der Waals surface area contributed by atoms with Crippen molar-refractivity contribution in [2.75, 3.05) is 13.2 Å². The third kappa shape index (κ3) is 7.45. The number of carbonyl (C=O) groups excluding carboxylic acids is 3. The molecule has 270 valence electrons. The van der Waals surface area contributed by atoms with Crippen molar-refractivity contribution in [3.63, 3.8) is 0 Å². The summed E-state index contributed by atoms with van der Waals surface area (Å²) < 4.78 is 41.9. The Hall–Kier alpha value is -4.19. The van der Waals surface area contributed by atoms with Crippen LogP contribution in [0.25, 0.3) is 22.1 Å². The van der Waals surface area contributed by atoms with Gasteiger partial charge in [-0.1, -0.05) is 0 Å². The molecule has 2 saturated carbocycles. The summed E-state index contributed by atoms with van der Waals surface area (Å²) in [6, 6.07) is 2.87. The number of nitrogens with zero attached hydrogens (tertiary/aromatic N) is 4. The first-order valence-electron chi connectivity index (χ1n) is 17.7. The maximum atomic E-state index is 13.8. The summed E-state index contributed by atoms with van der Waals surface area (Å²) >= 11 is 0. The van der Waals surface area contributed by atoms with Crippen LogP contribution in [0.2, 0.25) is 0 Å². The van der Waals surface area contributed by atoms with Crippen molar-refractivity contribution in [2.45, 2.75) is 111 Å². The number of hydrogen-bond acceptors (Lipinski definition) is 8. The highest BCUT2D eigenvalue weighted by atomic mass is 19.1. The number of esters is 2. The molecule has 0 saturated heterocycles. The fraction of sp³-hybridized carbons (Fsp3) is 0.553. The van der Waals surface area contributed by atoms with E-state index in [1.807, 2.05) is 23.0 Å². The number of hydrogen-bond donors (Lipinski definition) is 1. The minimum absolute atomic E-state index is 0.0664. The van der Waals surface area contributed by atoms with Gasteiger partial charge >= 0.3 is 11.9 Å². The van der Waals surface area contributed by atoms with Crippen LogP contribution in [-0.4, -0.2) is 61.2 Å². The Kier molecular flexibility index (Phi) is 11.7. The molecule has 4 aromatic rings. The number of rotatable bonds is 8. The summed E-state index contributed by atoms with van der Waals surface area (Å²) in [5.41, 5.74) is 3.46. The van der Waals surface area contributed by atoms with Gasteiger partial charge in [-0.3, -0.25) is 4.79 Å². The fourth-order valence-corrected chi connectivity index (χ4v) is 7.93. The summed E-state index contributed by atoms with van der Waals surface area (Å²) in [6.45, 7) is 11.9. The molecule has 12 heteroatoms. The second kappa shape index (κ2) is 15.8. The number of pyridine rings is 2. The molecule has 4 aromatic heterocycles. The lowest BCUT2D eigenvalue weighted by atomic mass is 9.83. The Morgan fingerprint density at radius 1 is 0.780 bits per heavy atom. The third-order valence-electron chi connectivity index (χ3n) is 10.6. The number of aliphatic hydroxyl groups excluding tert-OH is 1. The largest absolute Gasteiger partial charge is 0.462 e. The number of carbonyl (C=O) groups is 3. The summed E-state index contributed by atoms with van der Waals surface area (Å²) in [5.74, 6) is -0.821. The normalized spacial score (nSPS) is 19.6. The van der Waals surface area contributed by atoms with Gasteiger partial charge in [-0.2, -0.15) is 0 Å². The molecule has 2 atom stereocenters. The summed E-state index contributed by atoms with van der Waals surface area (Å²) in [4.78, 5) is 44.9. The van der Waals surface area contributed by atoms with E-state index in [-0.39, 0.29) is 31.4 Å². The zero-order chi connectivity index (χ0) is 36.3. The number of Topliss-reactive ketones (excluding diaryl/α,β-unsaturated/α-hetero) is 1. The van der Waals surface area contributed by atoms with Crippen LogP contribution < -0.4 is 0 Å². The Morgan fingerprint density at radius 3 is 1.58 bits per heavy atom. The SMILES string of the molecule is CCOC(=O)c1c(C)n([C@H](C)C2CCC(=O)CC2)c2ncc(F)cc12.CCOC(=O)c1c(C)n([C@H](C)C2CCC(O)CC2)c2ncc(F)cc12. The molecule has 10 nitrogen and oxygen atoms in total. The molecule has 2 aliphatic carbocycles. The van der Waals surface area contributed by atoms with Crippen molar-refractivity contribution < 1.29 is 37.7 Å². The lowest BCUT2D eigenvalue weighted by Gasteiger charge is -2.32. The van der Waals surface area contributed by atoms with Crippen molar-refractivity contribution in [1.82, 2.24) is 19.1 Å². The maximum Gasteiger partial charge on any atom is 0.340 e. The number of fused-ring (bicyclic) bond motifs is 2. The van der Waals surface area contributed by atoms with Gasteiger partial charge < -0.3 is 23.7 Å². The molecule has 0 radical (unpaired) electrons. The van der Waals surface area contributed by atoms with E-state index in [2.05, 4.69) is 23.8 Å². The molecule has 0 unspecified atom stereocenters. The number of aliphatic hydroxyl groups is 1. The smallest absolute Gasteiger partial charge is 0.340 e. The summed E-state index contributed by atoms with van der Waals surface area (Å²) in [7, 11) is 0. The molecule has 50 heavy (non-hydrogen) atoms. The molecule has 0 bridgehead atoms. The van der Waals surface area contributed by atoms with Crippen molar-refractivity contribution in [3.8, 4) is 0 Å². The molecular formula is C38H48F2N4O6. The molecule has 2 aliphatic rings. The van der Waals surface area contributed by atoms with Gasteiger partial charge in [-0.05, 0) is 104 Å². The van der Waals surface area contributed by atoms with Gasteiger partial charge in [0.1, 0.15) is 28.7 Å². The number of ketones is 1. The fourth-order valence-electron chi connectivity index (χ4n) is 7.93. The Labute approximate surface area is 291 Å². The highest BCUT2D eigenvalue weighted by molar-refractivity contribution is 6.05. The predicted octanol–water partition coefficient (Wildman–Crippen LogP) is 7.75. The Morgan fingerprint density at radius 2 is 1.18 bits per heavy atom. The van der Waals surface area contributed by atoms with Crippen molar-refractivity contribution in [2.24, 2.45) is 11.8 Å². The Bertz CT molecular complexity index is 1870. The second-order valence-electron chi connectivity index (χ2n) is 13.6. The predicted molar refractivity (Wildman–Crippen MR) is 185 cm³/mol. The van der Waals surface area contributed by atoms with Crippen LogP contribution in [0.15, 0.2) is 24.5 Å². The van der Waals surface area contributed by atoms with E-state index in [1.54, 1.807) is 13.8 Å². The third-order valence-corrected chi connectivity index (χ3v) is 10.6. The van der Waals surface area contributed by atoms with E-state index < -0.39 is 23.6 Å². The molecule has 4 heterocycles. The minimum atomic E-state index is -0.480. The highest BCUT2D eigenvalue weighted by Gasteiger charge is 2.32. The van der Waals surface area contributed by atoms with E-state index in [0.717, 1.165) is 49.9 Å². The maximum absolute atomic E-state index is 13.8. The number of aromatic nitrogens is 4. The average molecular weight is 695 g/mol. The lowest BCUT2D eigenvalue weighted by Crippen LogP contribution is -2.25. The molecule has 0 aliphatic heterocycles. The van der Waals surface area contributed by atoms with Crippen LogP contribution >= 0.6 is 0 Å². The number of halogens is 2. The second-order valence-corrected chi connectivity index (χ2v) is 13.6. The van der Waals surface area contributed by atoms with Crippen LogP contribution in [-0.2, 0) is 14.3 Å². The molecule has 6 rings (SSSR count). The van der Waals surface area contributed by atoms with Gasteiger partial charge in [0.15, 0.2) is 0 Å². The van der Waals surface area contributed by atoms with Crippen LogP contribution in [0, 0.1) is 37.3 Å². The van der Waals surface area contributed by atoms with Crippen molar-refractivity contribution >= 4 is 39.8 Å². The van der Waals surface area contributed by atoms with Gasteiger partial charge in [0.2, 0.25) is 0 Å². The standard InChI is InChI=1S/C19H25FN2O3.C19H23FN2O3/c2*1-4-25-19(24)17-12(3)22(18-16(17)9-14(20)10-21-18)11(2)13-5-7-15(23)8-6-13/h9-11,13,15,23H,4-8H2,1-3H3;9-11,13H,4-8H2,1-3H3/t11-,13?,15?;11-/m11/s1. The minimum Gasteiger partial charge on any atom is -0.462 e. The zero-order valence-electron chi connectivity index (χ0n) is 29.8. The highest BCUT2D eigenvalue weighted by Crippen LogP contribution is 2.39. The zero-order valence-corrected chi connectivity index (χ0v) is 29.8. The van der Waals surface area contributed by atoms with Gasteiger partial charge in [0.25, 0.3) is 0 Å². The van der Waals surface area contributed by atoms with Crippen LogP contribution in [0.4, 0.5) is 8.78 Å². The first-order valence-corrected chi connectivity index (χ1v) is 17.7. The van der Waals surface area contributed by atoms with E-state index in [1.165, 1.54) is 24.5 Å². The van der Waals surface area contributed by atoms with Gasteiger partial charge in [-0.15, -0.1) is 0 Å². The topological polar surface area (TPSA) is 126 Å². The summed E-state index contributed by atoms with van der Waals surface area (Å²) in [5, 5.41) is 10.7. The van der Waals surface area contributed by atoms with Crippen molar-refractivity contribution in [3.05, 3.63) is 58.7 Å². The van der Waals surface area contributed by atoms with Gasteiger partial charge in [0.05, 0.1) is 42.8 Å². The van der Waals surface area contributed by atoms with Crippen LogP contribution in [0.3, 0.4) is 0 Å². The molecule has 0 spiro atoms. The van der Waals surface area contributed by atoms with Crippen molar-refractivity contribution in [1.29, 1.82) is 0 Å². The van der Waals surface area contributed by atoms with E-state index >= 15 is 0 Å². The molecule has 2 fully saturated rings. The molecule has 1 N–H and O–H groups in total. The Balaban J connectivity index is 0.000000194. The lowest BCUT2D eigenvalue weighted by molar-refractivity contribution is -0.121. The van der Waals surface area contributed by atoms with E-state index in [9.17, 15) is 28.3 Å². The first kappa shape index (κ1) is 37.1. The number of ether oxygens (including phenoxy) is 2. The monoisotopic (exact) mass is 694 g/mol. The van der Waals surface area contributed by atoms with Crippen LogP contribution in [0.1, 0.15) is 123 Å². The summed E-state index contributed by atoms with van der Waals surface area (Å²) in [6.07, 6.45) is 8.43.